The fourth-order valence-corrected chi connectivity index (χ4v) is 5.43. The second kappa shape index (κ2) is 11.6. The van der Waals surface area contributed by atoms with Gasteiger partial charge in [0.05, 0.1) is 17.4 Å². The Bertz CT molecular complexity index is 1230. The van der Waals surface area contributed by atoms with Crippen LogP contribution < -0.4 is 5.32 Å². The average Bonchev–Trinajstić information content (AvgIpc) is 3.29. The van der Waals surface area contributed by atoms with Crippen molar-refractivity contribution in [2.75, 3.05) is 13.2 Å². The number of hydrogen-bond acceptors (Lipinski definition) is 5. The minimum absolute atomic E-state index is 0.0195. The van der Waals surface area contributed by atoms with Gasteiger partial charge in [0.25, 0.3) is 5.91 Å². The quantitative estimate of drug-likeness (QED) is 0.278. The number of benzene rings is 2. The van der Waals surface area contributed by atoms with Gasteiger partial charge < -0.3 is 10.1 Å². The van der Waals surface area contributed by atoms with Crippen LogP contribution in [0.5, 0.6) is 0 Å². The molecule has 1 aliphatic rings. The molecular formula is C29H30FNO4S. The lowest BCUT2D eigenvalue weighted by Gasteiger charge is -2.27. The van der Waals surface area contributed by atoms with Crippen LogP contribution in [0.1, 0.15) is 59.6 Å². The molecule has 2 aromatic carbocycles. The molecule has 0 saturated heterocycles. The van der Waals surface area contributed by atoms with E-state index in [9.17, 15) is 18.8 Å². The van der Waals surface area contributed by atoms with Gasteiger partial charge >= 0.3 is 5.97 Å². The summed E-state index contributed by atoms with van der Waals surface area (Å²) in [6.45, 7) is 4.26. The molecule has 5 nitrogen and oxygen atoms in total. The number of halogens is 1. The summed E-state index contributed by atoms with van der Waals surface area (Å²) < 4.78 is 19.8. The summed E-state index contributed by atoms with van der Waals surface area (Å²) in [5.41, 5.74) is 3.68. The molecule has 0 aliphatic heterocycles. The first-order valence-corrected chi connectivity index (χ1v) is 13.1. The molecule has 1 fully saturated rings. The van der Waals surface area contributed by atoms with E-state index in [0.29, 0.717) is 40.6 Å². The highest BCUT2D eigenvalue weighted by atomic mass is 32.1. The van der Waals surface area contributed by atoms with Gasteiger partial charge in [-0.2, -0.15) is 4.39 Å². The third-order valence-corrected chi connectivity index (χ3v) is 7.67. The molecule has 1 aromatic heterocycles. The summed E-state index contributed by atoms with van der Waals surface area (Å²) in [6.07, 6.45) is 3.26. The largest absolute Gasteiger partial charge is 0.466 e. The van der Waals surface area contributed by atoms with Crippen LogP contribution in [0.15, 0.2) is 54.6 Å². The van der Waals surface area contributed by atoms with Crippen LogP contribution in [-0.4, -0.2) is 30.8 Å². The maximum atomic E-state index is 14.7. The fourth-order valence-electron chi connectivity index (χ4n) is 4.60. The van der Waals surface area contributed by atoms with Crippen molar-refractivity contribution in [2.24, 2.45) is 11.8 Å². The first-order chi connectivity index (χ1) is 17.4. The van der Waals surface area contributed by atoms with E-state index in [0.717, 1.165) is 48.1 Å². The van der Waals surface area contributed by atoms with Crippen LogP contribution in [0.2, 0.25) is 0 Å². The van der Waals surface area contributed by atoms with Gasteiger partial charge in [0, 0.05) is 17.7 Å². The van der Waals surface area contributed by atoms with Crippen molar-refractivity contribution >= 4 is 29.0 Å². The van der Waals surface area contributed by atoms with Gasteiger partial charge in [0.2, 0.25) is 0 Å². The molecule has 0 unspecified atom stereocenters. The van der Waals surface area contributed by atoms with Crippen LogP contribution in [0.25, 0.3) is 22.3 Å². The fraction of sp³-hybridized carbons (Fsp3) is 0.345. The van der Waals surface area contributed by atoms with E-state index in [2.05, 4.69) is 5.32 Å². The van der Waals surface area contributed by atoms with Gasteiger partial charge in [-0.1, -0.05) is 48.5 Å². The number of esters is 1. The lowest BCUT2D eigenvalue weighted by atomic mass is 9.82. The molecule has 0 spiro atoms. The van der Waals surface area contributed by atoms with Gasteiger partial charge in [-0.15, -0.1) is 11.3 Å². The molecule has 1 aliphatic carbocycles. The molecule has 188 valence electrons. The number of thiophene rings is 1. The molecule has 4 rings (SSSR count). The predicted octanol–water partition coefficient (Wildman–Crippen LogP) is 6.52. The lowest BCUT2D eigenvalue weighted by molar-refractivity contribution is -0.149. The van der Waals surface area contributed by atoms with Gasteiger partial charge in [0.1, 0.15) is 0 Å². The van der Waals surface area contributed by atoms with Crippen LogP contribution in [-0.2, 0) is 9.53 Å². The smallest absolute Gasteiger partial charge is 0.308 e. The summed E-state index contributed by atoms with van der Waals surface area (Å²) in [5.74, 6) is -0.121. The minimum atomic E-state index is -0.395. The Morgan fingerprint density at radius 3 is 2.11 bits per heavy atom. The van der Waals surface area contributed by atoms with Crippen molar-refractivity contribution in [3.8, 4) is 22.3 Å². The summed E-state index contributed by atoms with van der Waals surface area (Å²) in [5, 5.41) is 2.54. The summed E-state index contributed by atoms with van der Waals surface area (Å²) in [6, 6.07) is 16.5. The summed E-state index contributed by atoms with van der Waals surface area (Å²) in [7, 11) is 0. The molecule has 3 aromatic rings. The van der Waals surface area contributed by atoms with Crippen molar-refractivity contribution in [1.82, 2.24) is 5.32 Å². The molecule has 1 N–H and O–H groups in total. The average molecular weight is 508 g/mol. The van der Waals surface area contributed by atoms with Crippen LogP contribution in [0.3, 0.4) is 0 Å². The monoisotopic (exact) mass is 507 g/mol. The maximum Gasteiger partial charge on any atom is 0.308 e. The molecule has 0 bridgehead atoms. The molecule has 7 heteroatoms. The van der Waals surface area contributed by atoms with Crippen molar-refractivity contribution in [3.05, 3.63) is 70.2 Å². The Kier molecular flexibility index (Phi) is 8.31. The molecule has 1 saturated carbocycles. The minimum Gasteiger partial charge on any atom is -0.466 e. The Morgan fingerprint density at radius 1 is 0.944 bits per heavy atom. The topological polar surface area (TPSA) is 72.5 Å². The predicted molar refractivity (Wildman–Crippen MR) is 140 cm³/mol. The van der Waals surface area contributed by atoms with Crippen molar-refractivity contribution in [2.45, 2.75) is 39.5 Å². The highest BCUT2D eigenvalue weighted by Gasteiger charge is 2.27. The highest BCUT2D eigenvalue weighted by Crippen LogP contribution is 2.33. The molecule has 1 heterocycles. The number of amides is 1. The zero-order valence-electron chi connectivity index (χ0n) is 20.5. The lowest BCUT2D eigenvalue weighted by Crippen LogP contribution is -2.32. The maximum absolute atomic E-state index is 14.7. The van der Waals surface area contributed by atoms with Crippen molar-refractivity contribution in [1.29, 1.82) is 0 Å². The molecule has 36 heavy (non-hydrogen) atoms. The van der Waals surface area contributed by atoms with E-state index in [4.69, 9.17) is 4.74 Å². The Labute approximate surface area is 214 Å². The third kappa shape index (κ3) is 6.08. The number of hydrogen-bond donors (Lipinski definition) is 1. The second-order valence-corrected chi connectivity index (χ2v) is 10.2. The van der Waals surface area contributed by atoms with Crippen LogP contribution in [0.4, 0.5) is 4.39 Å². The summed E-state index contributed by atoms with van der Waals surface area (Å²) in [4.78, 5) is 36.4. The van der Waals surface area contributed by atoms with Gasteiger partial charge in [-0.05, 0) is 68.2 Å². The van der Waals surface area contributed by atoms with E-state index < -0.39 is 5.13 Å². The van der Waals surface area contributed by atoms with Gasteiger partial charge in [-0.3, -0.25) is 14.4 Å². The third-order valence-electron chi connectivity index (χ3n) is 6.75. The number of carbonyl (C=O) groups is 3. The number of nitrogens with one attached hydrogen (secondary N) is 1. The van der Waals surface area contributed by atoms with E-state index in [1.54, 1.807) is 18.2 Å². The molecular weight excluding hydrogens is 477 g/mol. The van der Waals surface area contributed by atoms with E-state index in [1.807, 2.05) is 43.3 Å². The molecule has 0 atom stereocenters. The highest BCUT2D eigenvalue weighted by molar-refractivity contribution is 7.12. The zero-order valence-corrected chi connectivity index (χ0v) is 21.3. The van der Waals surface area contributed by atoms with Gasteiger partial charge in [-0.25, -0.2) is 0 Å². The standard InChI is InChI=1S/C29H30FNO4S/c1-3-35-29(34)24-6-4-19(5-7-24)17-31-28(33)26-16-25(27(30)36-26)23-14-12-22(13-15-23)21-10-8-20(9-11-21)18(2)32/h8-16,19,24H,3-7,17H2,1-2H3,(H,31,33). The molecule has 0 radical (unpaired) electrons. The van der Waals surface area contributed by atoms with Crippen LogP contribution >= 0.6 is 11.3 Å². The number of ether oxygens (including phenoxy) is 1. The van der Waals surface area contributed by atoms with Gasteiger partial charge in [0.15, 0.2) is 10.9 Å². The summed E-state index contributed by atoms with van der Waals surface area (Å²) >= 11 is 0.847. The Balaban J connectivity index is 1.35. The zero-order chi connectivity index (χ0) is 25.7. The number of ketones is 1. The Hall–Kier alpha value is -3.32. The SMILES string of the molecule is CCOC(=O)C1CCC(CNC(=O)c2cc(-c3ccc(-c4ccc(C(C)=O)cc4)cc3)c(F)s2)CC1. The van der Waals surface area contributed by atoms with E-state index >= 15 is 0 Å². The number of carbonyl (C=O) groups excluding carboxylic acids is 3. The van der Waals surface area contributed by atoms with Crippen LogP contribution in [0, 0.1) is 17.0 Å². The van der Waals surface area contributed by atoms with Crippen molar-refractivity contribution < 1.29 is 23.5 Å². The Morgan fingerprint density at radius 2 is 1.53 bits per heavy atom. The van der Waals surface area contributed by atoms with E-state index in [1.165, 1.54) is 6.92 Å². The number of Topliss-reactive ketones (excluding diaryl/α,β-unsaturated/α-hetero) is 1. The number of rotatable bonds is 8. The normalized spacial score (nSPS) is 17.4. The first kappa shape index (κ1) is 25.8. The van der Waals surface area contributed by atoms with E-state index in [-0.39, 0.29) is 23.6 Å². The second-order valence-electron chi connectivity index (χ2n) is 9.19. The molecule has 1 amide bonds. The van der Waals surface area contributed by atoms with Crippen molar-refractivity contribution in [3.63, 3.8) is 0 Å². The first-order valence-electron chi connectivity index (χ1n) is 12.3.